The summed E-state index contributed by atoms with van der Waals surface area (Å²) >= 11 is 0. The highest BCUT2D eigenvalue weighted by atomic mass is 16.6. The van der Waals surface area contributed by atoms with Crippen LogP contribution in [0.3, 0.4) is 0 Å². The standard InChI is InChI=1S/C22H23NO5/c1-15(2)21(22(25)26)23-14-17-9-11-18(19(13-17)27-3)28-20(24)12-10-16-7-5-4-6-8-16/h4-15,21H,1-3H3,(H,25,26). The second kappa shape index (κ2) is 10.1. The highest BCUT2D eigenvalue weighted by molar-refractivity contribution is 5.89. The lowest BCUT2D eigenvalue weighted by Gasteiger charge is -2.11. The van der Waals surface area contributed by atoms with E-state index in [0.717, 1.165) is 5.56 Å². The molecule has 1 atom stereocenters. The molecule has 0 fully saturated rings. The largest absolute Gasteiger partial charge is 0.493 e. The van der Waals surface area contributed by atoms with E-state index in [4.69, 9.17) is 9.47 Å². The summed E-state index contributed by atoms with van der Waals surface area (Å²) in [6, 6.07) is 13.5. The zero-order chi connectivity index (χ0) is 20.5. The molecule has 0 saturated heterocycles. The number of benzene rings is 2. The van der Waals surface area contributed by atoms with E-state index < -0.39 is 18.0 Å². The van der Waals surface area contributed by atoms with Crippen LogP contribution in [0.4, 0.5) is 0 Å². The van der Waals surface area contributed by atoms with E-state index in [1.54, 1.807) is 38.1 Å². The number of nitrogens with zero attached hydrogens (tertiary/aromatic N) is 1. The number of hydrogen-bond acceptors (Lipinski definition) is 5. The highest BCUT2D eigenvalue weighted by Crippen LogP contribution is 2.28. The van der Waals surface area contributed by atoms with Gasteiger partial charge in [-0.2, -0.15) is 0 Å². The average Bonchev–Trinajstić information content (AvgIpc) is 2.67. The molecule has 2 aromatic carbocycles. The van der Waals surface area contributed by atoms with E-state index in [0.29, 0.717) is 11.3 Å². The van der Waals surface area contributed by atoms with E-state index in [1.807, 2.05) is 30.3 Å². The zero-order valence-electron chi connectivity index (χ0n) is 16.0. The highest BCUT2D eigenvalue weighted by Gasteiger charge is 2.19. The Labute approximate surface area is 164 Å². The number of ether oxygens (including phenoxy) is 2. The third kappa shape index (κ3) is 6.09. The van der Waals surface area contributed by atoms with Gasteiger partial charge < -0.3 is 14.6 Å². The molecule has 0 aliphatic heterocycles. The summed E-state index contributed by atoms with van der Waals surface area (Å²) < 4.78 is 10.6. The summed E-state index contributed by atoms with van der Waals surface area (Å²) in [5.41, 5.74) is 1.53. The van der Waals surface area contributed by atoms with E-state index in [1.165, 1.54) is 19.4 Å². The first-order chi connectivity index (χ1) is 13.4. The van der Waals surface area contributed by atoms with Crippen molar-refractivity contribution in [2.24, 2.45) is 10.9 Å². The van der Waals surface area contributed by atoms with Crippen molar-refractivity contribution in [3.05, 3.63) is 65.7 Å². The SMILES string of the molecule is COc1cc(C=NC(C(=O)O)C(C)C)ccc1OC(=O)C=Cc1ccccc1. The summed E-state index contributed by atoms with van der Waals surface area (Å²) in [7, 11) is 1.46. The van der Waals surface area contributed by atoms with Crippen LogP contribution >= 0.6 is 0 Å². The fraction of sp³-hybridized carbons (Fsp3) is 0.227. The number of methoxy groups -OCH3 is 1. The molecule has 2 aromatic rings. The Morgan fingerprint density at radius 3 is 2.36 bits per heavy atom. The molecule has 146 valence electrons. The van der Waals surface area contributed by atoms with Gasteiger partial charge in [-0.3, -0.25) is 4.99 Å². The van der Waals surface area contributed by atoms with Crippen LogP contribution in [0.2, 0.25) is 0 Å². The van der Waals surface area contributed by atoms with Crippen molar-refractivity contribution < 1.29 is 24.2 Å². The second-order valence-electron chi connectivity index (χ2n) is 6.38. The van der Waals surface area contributed by atoms with Crippen LogP contribution in [-0.2, 0) is 9.59 Å². The summed E-state index contributed by atoms with van der Waals surface area (Å²) in [6.07, 6.45) is 4.47. The van der Waals surface area contributed by atoms with Crippen LogP contribution in [0.15, 0.2) is 59.6 Å². The molecule has 0 spiro atoms. The van der Waals surface area contributed by atoms with E-state index in [9.17, 15) is 14.7 Å². The number of esters is 1. The van der Waals surface area contributed by atoms with Crippen molar-refractivity contribution in [2.75, 3.05) is 7.11 Å². The quantitative estimate of drug-likeness (QED) is 0.325. The topological polar surface area (TPSA) is 85.2 Å². The maximum atomic E-state index is 12.0. The maximum absolute atomic E-state index is 12.0. The van der Waals surface area contributed by atoms with Gasteiger partial charge in [0.1, 0.15) is 6.04 Å². The molecule has 28 heavy (non-hydrogen) atoms. The second-order valence-corrected chi connectivity index (χ2v) is 6.38. The molecule has 6 nitrogen and oxygen atoms in total. The first-order valence-electron chi connectivity index (χ1n) is 8.79. The predicted octanol–water partition coefficient (Wildman–Crippen LogP) is 3.84. The maximum Gasteiger partial charge on any atom is 0.336 e. The molecule has 6 heteroatoms. The summed E-state index contributed by atoms with van der Waals surface area (Å²) in [6.45, 7) is 3.59. The molecule has 0 saturated carbocycles. The van der Waals surface area contributed by atoms with Crippen molar-refractivity contribution in [1.82, 2.24) is 0 Å². The molecule has 0 aromatic heterocycles. The lowest BCUT2D eigenvalue weighted by Crippen LogP contribution is -2.24. The lowest BCUT2D eigenvalue weighted by atomic mass is 10.1. The number of carboxylic acids is 1. The zero-order valence-corrected chi connectivity index (χ0v) is 16.0. The Kier molecular flexibility index (Phi) is 7.51. The van der Waals surface area contributed by atoms with Crippen LogP contribution in [0.5, 0.6) is 11.5 Å². The minimum atomic E-state index is -0.978. The first-order valence-corrected chi connectivity index (χ1v) is 8.79. The molecule has 0 bridgehead atoms. The number of aliphatic imine (C=N–C) groups is 1. The summed E-state index contributed by atoms with van der Waals surface area (Å²) in [4.78, 5) is 27.4. The van der Waals surface area contributed by atoms with Gasteiger partial charge in [0.25, 0.3) is 0 Å². The normalized spacial score (nSPS) is 12.4. The predicted molar refractivity (Wildman–Crippen MR) is 108 cm³/mol. The van der Waals surface area contributed by atoms with Crippen LogP contribution < -0.4 is 9.47 Å². The number of carboxylic acid groups (broad SMARTS) is 1. The summed E-state index contributed by atoms with van der Waals surface area (Å²) in [5.74, 6) is -1.03. The van der Waals surface area contributed by atoms with E-state index in [2.05, 4.69) is 4.99 Å². The Balaban J connectivity index is 2.11. The molecule has 0 radical (unpaired) electrons. The third-order valence-electron chi connectivity index (χ3n) is 3.88. The summed E-state index contributed by atoms with van der Waals surface area (Å²) in [5, 5.41) is 9.20. The fourth-order valence-corrected chi connectivity index (χ4v) is 2.41. The van der Waals surface area contributed by atoms with Gasteiger partial charge in [0.2, 0.25) is 0 Å². The van der Waals surface area contributed by atoms with Crippen molar-refractivity contribution in [3.8, 4) is 11.5 Å². The molecular formula is C22H23NO5. The smallest absolute Gasteiger partial charge is 0.336 e. The van der Waals surface area contributed by atoms with Gasteiger partial charge in [0, 0.05) is 12.3 Å². The fourth-order valence-electron chi connectivity index (χ4n) is 2.41. The van der Waals surface area contributed by atoms with E-state index >= 15 is 0 Å². The van der Waals surface area contributed by atoms with Crippen molar-refractivity contribution >= 4 is 24.2 Å². The van der Waals surface area contributed by atoms with Gasteiger partial charge in [-0.15, -0.1) is 0 Å². The molecule has 1 N–H and O–H groups in total. The minimum Gasteiger partial charge on any atom is -0.493 e. The van der Waals surface area contributed by atoms with Gasteiger partial charge in [-0.05, 0) is 41.3 Å². The van der Waals surface area contributed by atoms with Crippen molar-refractivity contribution in [1.29, 1.82) is 0 Å². The van der Waals surface area contributed by atoms with Crippen LogP contribution in [0.25, 0.3) is 6.08 Å². The molecule has 0 amide bonds. The van der Waals surface area contributed by atoms with Crippen LogP contribution in [-0.4, -0.2) is 36.4 Å². The molecule has 0 aliphatic carbocycles. The number of rotatable bonds is 8. The third-order valence-corrected chi connectivity index (χ3v) is 3.88. The molecule has 0 aliphatic rings. The molecule has 0 heterocycles. The Hall–Kier alpha value is -3.41. The Morgan fingerprint density at radius 2 is 1.75 bits per heavy atom. The van der Waals surface area contributed by atoms with E-state index in [-0.39, 0.29) is 11.7 Å². The van der Waals surface area contributed by atoms with Crippen LogP contribution in [0.1, 0.15) is 25.0 Å². The van der Waals surface area contributed by atoms with Crippen molar-refractivity contribution in [3.63, 3.8) is 0 Å². The monoisotopic (exact) mass is 381 g/mol. The lowest BCUT2D eigenvalue weighted by molar-refractivity contribution is -0.139. The number of aliphatic carboxylic acids is 1. The number of hydrogen-bond donors (Lipinski definition) is 1. The number of carbonyl (C=O) groups is 2. The van der Waals surface area contributed by atoms with Gasteiger partial charge in [0.15, 0.2) is 11.5 Å². The van der Waals surface area contributed by atoms with Gasteiger partial charge in [0.05, 0.1) is 7.11 Å². The van der Waals surface area contributed by atoms with Gasteiger partial charge in [-0.1, -0.05) is 44.2 Å². The van der Waals surface area contributed by atoms with Crippen LogP contribution in [0, 0.1) is 5.92 Å². The number of carbonyl (C=O) groups excluding carboxylic acids is 1. The first kappa shape index (κ1) is 20.9. The minimum absolute atomic E-state index is 0.132. The Morgan fingerprint density at radius 1 is 1.04 bits per heavy atom. The van der Waals surface area contributed by atoms with Gasteiger partial charge >= 0.3 is 11.9 Å². The Bertz CT molecular complexity index is 872. The van der Waals surface area contributed by atoms with Gasteiger partial charge in [-0.25, -0.2) is 9.59 Å². The average molecular weight is 381 g/mol. The molecule has 2 rings (SSSR count). The van der Waals surface area contributed by atoms with Crippen molar-refractivity contribution in [2.45, 2.75) is 19.9 Å². The molecule has 1 unspecified atom stereocenters. The molecular weight excluding hydrogens is 358 g/mol.